The highest BCUT2D eigenvalue weighted by molar-refractivity contribution is 7.98. The number of anilines is 1. The molecule has 0 heterocycles. The molecule has 0 unspecified atom stereocenters. The number of carbonyl (C=O) groups is 1. The molecule has 1 aromatic carbocycles. The van der Waals surface area contributed by atoms with Crippen molar-refractivity contribution in [2.24, 2.45) is 0 Å². The van der Waals surface area contributed by atoms with Crippen molar-refractivity contribution in [3.05, 3.63) is 24.3 Å². The first kappa shape index (κ1) is 11.9. The minimum atomic E-state index is -0.268. The number of benzene rings is 1. The number of amides is 2. The van der Waals surface area contributed by atoms with Gasteiger partial charge >= 0.3 is 6.03 Å². The highest BCUT2D eigenvalue weighted by Gasteiger charge is 2.00. The maximum absolute atomic E-state index is 11.3. The van der Waals surface area contributed by atoms with Crippen LogP contribution in [0.25, 0.3) is 0 Å². The van der Waals surface area contributed by atoms with Crippen LogP contribution in [-0.2, 0) is 4.74 Å². The largest absolute Gasteiger partial charge is 0.364 e. The molecule has 0 atom stereocenters. The highest BCUT2D eigenvalue weighted by atomic mass is 32.2. The Morgan fingerprint density at radius 1 is 1.53 bits per heavy atom. The highest BCUT2D eigenvalue weighted by Crippen LogP contribution is 2.18. The number of hydrogen-bond donors (Lipinski definition) is 2. The van der Waals surface area contributed by atoms with Gasteiger partial charge in [0.25, 0.3) is 0 Å². The molecule has 0 fully saturated rings. The Labute approximate surface area is 93.4 Å². The third-order valence-electron chi connectivity index (χ3n) is 1.70. The van der Waals surface area contributed by atoms with Gasteiger partial charge in [-0.3, -0.25) is 0 Å². The monoisotopic (exact) mass is 226 g/mol. The molecular weight excluding hydrogens is 212 g/mol. The molecule has 4 nitrogen and oxygen atoms in total. The molecule has 5 heteroatoms. The van der Waals surface area contributed by atoms with Crippen LogP contribution in [0.15, 0.2) is 29.2 Å². The fraction of sp³-hybridized carbons (Fsp3) is 0.300. The molecule has 0 bridgehead atoms. The van der Waals surface area contributed by atoms with Crippen molar-refractivity contribution < 1.29 is 9.53 Å². The van der Waals surface area contributed by atoms with Crippen LogP contribution >= 0.6 is 11.8 Å². The van der Waals surface area contributed by atoms with E-state index in [9.17, 15) is 4.79 Å². The van der Waals surface area contributed by atoms with E-state index in [0.29, 0.717) is 0 Å². The molecule has 1 aromatic rings. The SMILES string of the molecule is COCNC(=O)Nc1cccc(SC)c1. The van der Waals surface area contributed by atoms with Crippen LogP contribution in [-0.4, -0.2) is 26.1 Å². The van der Waals surface area contributed by atoms with Gasteiger partial charge in [0, 0.05) is 17.7 Å². The molecule has 2 N–H and O–H groups in total. The first-order valence-corrected chi connectivity index (χ1v) is 5.66. The molecule has 0 aliphatic rings. The van der Waals surface area contributed by atoms with E-state index in [4.69, 9.17) is 4.74 Å². The van der Waals surface area contributed by atoms with Crippen LogP contribution < -0.4 is 10.6 Å². The lowest BCUT2D eigenvalue weighted by molar-refractivity contribution is 0.177. The summed E-state index contributed by atoms with van der Waals surface area (Å²) in [5.74, 6) is 0. The molecular formula is C10H14N2O2S. The lowest BCUT2D eigenvalue weighted by Crippen LogP contribution is -2.30. The predicted octanol–water partition coefficient (Wildman–Crippen LogP) is 2.13. The Kier molecular flexibility index (Phi) is 5.00. The molecule has 0 saturated carbocycles. The summed E-state index contributed by atoms with van der Waals surface area (Å²) in [5, 5.41) is 5.25. The van der Waals surface area contributed by atoms with E-state index in [2.05, 4.69) is 10.6 Å². The van der Waals surface area contributed by atoms with Gasteiger partial charge in [-0.05, 0) is 24.5 Å². The first-order valence-electron chi connectivity index (χ1n) is 4.44. The zero-order chi connectivity index (χ0) is 11.1. The van der Waals surface area contributed by atoms with Crippen LogP contribution in [0.3, 0.4) is 0 Å². The summed E-state index contributed by atoms with van der Waals surface area (Å²) < 4.78 is 4.72. The van der Waals surface area contributed by atoms with Crippen LogP contribution in [0.4, 0.5) is 10.5 Å². The number of urea groups is 1. The molecule has 0 radical (unpaired) electrons. The van der Waals surface area contributed by atoms with Gasteiger partial charge in [-0.25, -0.2) is 4.79 Å². The van der Waals surface area contributed by atoms with Crippen molar-refractivity contribution in [3.8, 4) is 0 Å². The van der Waals surface area contributed by atoms with Crippen molar-refractivity contribution in [2.75, 3.05) is 25.4 Å². The smallest absolute Gasteiger partial charge is 0.321 e. The van der Waals surface area contributed by atoms with Crippen LogP contribution in [0, 0.1) is 0 Å². The average Bonchev–Trinajstić information content (AvgIpc) is 2.26. The third-order valence-corrected chi connectivity index (χ3v) is 2.43. The molecule has 15 heavy (non-hydrogen) atoms. The summed E-state index contributed by atoms with van der Waals surface area (Å²) in [6.45, 7) is 0.202. The molecule has 0 aliphatic heterocycles. The number of nitrogens with one attached hydrogen (secondary N) is 2. The summed E-state index contributed by atoms with van der Waals surface area (Å²) in [4.78, 5) is 12.4. The molecule has 0 aliphatic carbocycles. The number of ether oxygens (including phenoxy) is 1. The first-order chi connectivity index (χ1) is 7.26. The van der Waals surface area contributed by atoms with Gasteiger partial charge in [0.15, 0.2) is 0 Å². The van der Waals surface area contributed by atoms with Gasteiger partial charge < -0.3 is 15.4 Å². The van der Waals surface area contributed by atoms with Crippen LogP contribution in [0.5, 0.6) is 0 Å². The van der Waals surface area contributed by atoms with Gasteiger partial charge in [0.2, 0.25) is 0 Å². The minimum Gasteiger partial charge on any atom is -0.364 e. The Morgan fingerprint density at radius 2 is 2.33 bits per heavy atom. The quantitative estimate of drug-likeness (QED) is 0.611. The number of hydrogen-bond acceptors (Lipinski definition) is 3. The minimum absolute atomic E-state index is 0.202. The van der Waals surface area contributed by atoms with Gasteiger partial charge in [-0.15, -0.1) is 11.8 Å². The number of rotatable bonds is 4. The fourth-order valence-electron chi connectivity index (χ4n) is 1.01. The lowest BCUT2D eigenvalue weighted by atomic mass is 10.3. The van der Waals surface area contributed by atoms with E-state index in [1.807, 2.05) is 30.5 Å². The van der Waals surface area contributed by atoms with Crippen molar-refractivity contribution in [3.63, 3.8) is 0 Å². The molecule has 82 valence electrons. The van der Waals surface area contributed by atoms with Crippen molar-refractivity contribution in [1.82, 2.24) is 5.32 Å². The van der Waals surface area contributed by atoms with E-state index in [-0.39, 0.29) is 12.8 Å². The normalized spacial score (nSPS) is 9.73. The maximum Gasteiger partial charge on any atom is 0.321 e. The maximum atomic E-state index is 11.3. The summed E-state index contributed by atoms with van der Waals surface area (Å²) >= 11 is 1.63. The number of carbonyl (C=O) groups excluding carboxylic acids is 1. The van der Waals surface area contributed by atoms with Gasteiger partial charge in [-0.2, -0.15) is 0 Å². The second-order valence-corrected chi connectivity index (χ2v) is 3.68. The molecule has 2 amide bonds. The Hall–Kier alpha value is -1.20. The van der Waals surface area contributed by atoms with E-state index in [1.54, 1.807) is 11.8 Å². The van der Waals surface area contributed by atoms with E-state index in [1.165, 1.54) is 7.11 Å². The predicted molar refractivity (Wildman–Crippen MR) is 62.3 cm³/mol. The lowest BCUT2D eigenvalue weighted by Gasteiger charge is -2.07. The van der Waals surface area contributed by atoms with E-state index >= 15 is 0 Å². The Morgan fingerprint density at radius 3 is 3.00 bits per heavy atom. The molecule has 0 aromatic heterocycles. The topological polar surface area (TPSA) is 50.4 Å². The van der Waals surface area contributed by atoms with Crippen molar-refractivity contribution in [1.29, 1.82) is 0 Å². The number of thioether (sulfide) groups is 1. The zero-order valence-electron chi connectivity index (χ0n) is 8.74. The summed E-state index contributed by atoms with van der Waals surface area (Å²) in [7, 11) is 1.52. The summed E-state index contributed by atoms with van der Waals surface area (Å²) in [5.41, 5.74) is 0.774. The van der Waals surface area contributed by atoms with E-state index in [0.717, 1.165) is 10.6 Å². The van der Waals surface area contributed by atoms with Crippen molar-refractivity contribution >= 4 is 23.5 Å². The van der Waals surface area contributed by atoms with Crippen LogP contribution in [0.1, 0.15) is 0 Å². The fourth-order valence-corrected chi connectivity index (χ4v) is 1.47. The van der Waals surface area contributed by atoms with Gasteiger partial charge in [0.1, 0.15) is 6.73 Å². The Bertz CT molecular complexity index is 331. The number of methoxy groups -OCH3 is 1. The standard InChI is InChI=1S/C10H14N2O2S/c1-14-7-11-10(13)12-8-4-3-5-9(6-8)15-2/h3-6H,7H2,1-2H3,(H2,11,12,13). The third kappa shape index (κ3) is 4.22. The Balaban J connectivity index is 2.52. The van der Waals surface area contributed by atoms with Crippen LogP contribution in [0.2, 0.25) is 0 Å². The van der Waals surface area contributed by atoms with Gasteiger partial charge in [-0.1, -0.05) is 6.07 Å². The summed E-state index contributed by atoms with van der Waals surface area (Å²) in [6, 6.07) is 7.37. The zero-order valence-corrected chi connectivity index (χ0v) is 9.56. The second kappa shape index (κ2) is 6.31. The molecule has 1 rings (SSSR count). The summed E-state index contributed by atoms with van der Waals surface area (Å²) in [6.07, 6.45) is 1.99. The second-order valence-electron chi connectivity index (χ2n) is 2.80. The van der Waals surface area contributed by atoms with Gasteiger partial charge in [0.05, 0.1) is 0 Å². The molecule has 0 saturated heterocycles. The average molecular weight is 226 g/mol. The van der Waals surface area contributed by atoms with E-state index < -0.39 is 0 Å². The molecule has 0 spiro atoms. The van der Waals surface area contributed by atoms with Crippen molar-refractivity contribution in [2.45, 2.75) is 4.90 Å².